The van der Waals surface area contributed by atoms with Gasteiger partial charge in [-0.05, 0) is 41.5 Å². The van der Waals surface area contributed by atoms with Gasteiger partial charge in [0.1, 0.15) is 6.61 Å². The van der Waals surface area contributed by atoms with Gasteiger partial charge in [0, 0.05) is 18.5 Å². The highest BCUT2D eigenvalue weighted by atomic mass is 16.5. The molecule has 176 valence electrons. The fourth-order valence-electron chi connectivity index (χ4n) is 4.38. The zero-order valence-electron chi connectivity index (χ0n) is 19.3. The molecular weight excluding hydrogens is 420 g/mol. The summed E-state index contributed by atoms with van der Waals surface area (Å²) in [5.74, 6) is -1.51. The third-order valence-electron chi connectivity index (χ3n) is 5.83. The number of aliphatic carboxylic acids is 1. The highest BCUT2D eigenvalue weighted by Gasteiger charge is 2.29. The van der Waals surface area contributed by atoms with Gasteiger partial charge in [0.2, 0.25) is 5.91 Å². The average Bonchev–Trinajstić information content (AvgIpc) is 3.08. The van der Waals surface area contributed by atoms with Crippen LogP contribution in [0.1, 0.15) is 50.7 Å². The van der Waals surface area contributed by atoms with Gasteiger partial charge in [0.05, 0.1) is 12.3 Å². The molecule has 3 rings (SSSR count). The Morgan fingerprint density at radius 3 is 2.09 bits per heavy atom. The fourth-order valence-corrected chi connectivity index (χ4v) is 4.38. The lowest BCUT2D eigenvalue weighted by Crippen LogP contribution is -2.43. The van der Waals surface area contributed by atoms with Crippen molar-refractivity contribution in [2.24, 2.45) is 11.8 Å². The summed E-state index contributed by atoms with van der Waals surface area (Å²) in [6.07, 6.45) is -0.160. The number of carboxylic acid groups (broad SMARTS) is 1. The zero-order valence-corrected chi connectivity index (χ0v) is 19.3. The first-order valence-electron chi connectivity index (χ1n) is 11.4. The van der Waals surface area contributed by atoms with E-state index in [9.17, 15) is 14.4 Å². The van der Waals surface area contributed by atoms with Gasteiger partial charge in [-0.25, -0.2) is 4.79 Å². The van der Waals surface area contributed by atoms with E-state index >= 15 is 0 Å². The van der Waals surface area contributed by atoms with Crippen molar-refractivity contribution < 1.29 is 24.2 Å². The quantitative estimate of drug-likeness (QED) is 0.502. The molecule has 33 heavy (non-hydrogen) atoms. The van der Waals surface area contributed by atoms with Crippen molar-refractivity contribution in [1.29, 1.82) is 0 Å². The lowest BCUT2D eigenvalue weighted by molar-refractivity contribution is -0.137. The van der Waals surface area contributed by atoms with Crippen molar-refractivity contribution in [3.05, 3.63) is 59.7 Å². The van der Waals surface area contributed by atoms with Gasteiger partial charge in [-0.3, -0.25) is 9.59 Å². The molecule has 7 nitrogen and oxygen atoms in total. The predicted octanol–water partition coefficient (Wildman–Crippen LogP) is 4.17. The molecule has 2 aromatic carbocycles. The molecule has 7 heteroatoms. The van der Waals surface area contributed by atoms with Crippen LogP contribution in [0.4, 0.5) is 4.79 Å². The Morgan fingerprint density at radius 1 is 0.970 bits per heavy atom. The van der Waals surface area contributed by atoms with Crippen LogP contribution in [0.2, 0.25) is 0 Å². The molecule has 0 fully saturated rings. The molecule has 2 amide bonds. The van der Waals surface area contributed by atoms with E-state index in [-0.39, 0.29) is 37.3 Å². The number of nitrogens with one attached hydrogen (secondary N) is 2. The van der Waals surface area contributed by atoms with E-state index in [1.165, 1.54) is 0 Å². The maximum atomic E-state index is 12.6. The molecule has 3 N–H and O–H groups in total. The van der Waals surface area contributed by atoms with E-state index in [0.29, 0.717) is 6.42 Å². The summed E-state index contributed by atoms with van der Waals surface area (Å²) in [6.45, 7) is 5.97. The summed E-state index contributed by atoms with van der Waals surface area (Å²) in [5, 5.41) is 14.3. The summed E-state index contributed by atoms with van der Waals surface area (Å²) in [7, 11) is 0. The summed E-state index contributed by atoms with van der Waals surface area (Å²) in [6, 6.07) is 15.8. The molecule has 0 spiro atoms. The van der Waals surface area contributed by atoms with Crippen LogP contribution in [-0.2, 0) is 14.3 Å². The molecule has 2 aromatic rings. The van der Waals surface area contributed by atoms with Gasteiger partial charge in [0.15, 0.2) is 0 Å². The Morgan fingerprint density at radius 2 is 1.55 bits per heavy atom. The topological polar surface area (TPSA) is 105 Å². The van der Waals surface area contributed by atoms with Crippen LogP contribution in [0.15, 0.2) is 48.5 Å². The normalized spacial score (nSPS) is 14.2. The van der Waals surface area contributed by atoms with Crippen molar-refractivity contribution in [3.63, 3.8) is 0 Å². The molecule has 0 heterocycles. The Kier molecular flexibility index (Phi) is 8.09. The Balaban J connectivity index is 1.57. The molecule has 0 aromatic heterocycles. The Labute approximate surface area is 194 Å². The van der Waals surface area contributed by atoms with Crippen LogP contribution < -0.4 is 10.6 Å². The third-order valence-corrected chi connectivity index (χ3v) is 5.83. The molecule has 1 unspecified atom stereocenters. The third kappa shape index (κ3) is 6.34. The van der Waals surface area contributed by atoms with Gasteiger partial charge < -0.3 is 20.5 Å². The van der Waals surface area contributed by atoms with Crippen molar-refractivity contribution in [2.45, 2.75) is 45.6 Å². The average molecular weight is 453 g/mol. The maximum Gasteiger partial charge on any atom is 0.407 e. The van der Waals surface area contributed by atoms with E-state index in [1.807, 2.05) is 38.1 Å². The lowest BCUT2D eigenvalue weighted by Gasteiger charge is -2.21. The van der Waals surface area contributed by atoms with E-state index in [2.05, 4.69) is 34.9 Å². The largest absolute Gasteiger partial charge is 0.481 e. The highest BCUT2D eigenvalue weighted by Crippen LogP contribution is 2.44. The second kappa shape index (κ2) is 11.0. The van der Waals surface area contributed by atoms with Gasteiger partial charge in [-0.2, -0.15) is 0 Å². The number of hydrogen-bond donors (Lipinski definition) is 3. The number of carboxylic acids is 1. The number of carbonyl (C=O) groups excluding carboxylic acids is 2. The molecule has 0 saturated heterocycles. The minimum Gasteiger partial charge on any atom is -0.481 e. The van der Waals surface area contributed by atoms with E-state index < -0.39 is 24.0 Å². The zero-order chi connectivity index (χ0) is 24.0. The molecule has 0 saturated carbocycles. The molecule has 1 aliphatic carbocycles. The molecule has 2 atom stereocenters. The number of hydrogen-bond acceptors (Lipinski definition) is 4. The van der Waals surface area contributed by atoms with Crippen molar-refractivity contribution in [2.75, 3.05) is 13.2 Å². The molecular formula is C26H32N2O5. The number of amides is 2. The number of benzene rings is 2. The van der Waals surface area contributed by atoms with E-state index in [0.717, 1.165) is 22.3 Å². The number of ether oxygens (including phenoxy) is 1. The van der Waals surface area contributed by atoms with Gasteiger partial charge in [-0.1, -0.05) is 62.4 Å². The van der Waals surface area contributed by atoms with Crippen molar-refractivity contribution in [1.82, 2.24) is 10.6 Å². The van der Waals surface area contributed by atoms with Crippen LogP contribution in [0.5, 0.6) is 0 Å². The van der Waals surface area contributed by atoms with Crippen LogP contribution in [0, 0.1) is 11.8 Å². The van der Waals surface area contributed by atoms with Crippen LogP contribution >= 0.6 is 0 Å². The van der Waals surface area contributed by atoms with Crippen molar-refractivity contribution in [3.8, 4) is 11.1 Å². The van der Waals surface area contributed by atoms with Crippen LogP contribution in [0.3, 0.4) is 0 Å². The number of alkyl carbamates (subject to hydrolysis) is 1. The second-order valence-electron chi connectivity index (χ2n) is 9.04. The standard InChI is InChI=1S/C26H32N2O5/c1-16(2)12-18(25(31)28-17(3)13-24(29)30)14-27-26(32)33-15-23-21-10-6-4-8-19(21)20-9-5-7-11-22(20)23/h4-11,16-18,23H,12-15H2,1-3H3,(H,27,32)(H,28,31)(H,29,30)/t17-,18?/m0/s1. The van der Waals surface area contributed by atoms with Gasteiger partial charge in [-0.15, -0.1) is 0 Å². The smallest absolute Gasteiger partial charge is 0.407 e. The second-order valence-corrected chi connectivity index (χ2v) is 9.04. The number of rotatable bonds is 10. The molecule has 0 aliphatic heterocycles. The molecule has 1 aliphatic rings. The summed E-state index contributed by atoms with van der Waals surface area (Å²) in [4.78, 5) is 36.0. The maximum absolute atomic E-state index is 12.6. The number of fused-ring (bicyclic) bond motifs is 3. The van der Waals surface area contributed by atoms with Crippen LogP contribution in [0.25, 0.3) is 11.1 Å². The molecule has 0 radical (unpaired) electrons. The SMILES string of the molecule is CC(C)CC(CNC(=O)OCC1c2ccccc2-c2ccccc21)C(=O)N[C@@H](C)CC(=O)O. The predicted molar refractivity (Wildman–Crippen MR) is 126 cm³/mol. The van der Waals surface area contributed by atoms with Gasteiger partial charge >= 0.3 is 12.1 Å². The monoisotopic (exact) mass is 452 g/mol. The number of carbonyl (C=O) groups is 3. The minimum absolute atomic E-state index is 0.0326. The van der Waals surface area contributed by atoms with E-state index in [4.69, 9.17) is 9.84 Å². The van der Waals surface area contributed by atoms with Crippen LogP contribution in [-0.4, -0.2) is 42.3 Å². The first-order valence-corrected chi connectivity index (χ1v) is 11.4. The highest BCUT2D eigenvalue weighted by molar-refractivity contribution is 5.81. The Bertz CT molecular complexity index is 958. The van der Waals surface area contributed by atoms with Crippen molar-refractivity contribution >= 4 is 18.0 Å². The fraction of sp³-hybridized carbons (Fsp3) is 0.423. The first-order chi connectivity index (χ1) is 15.8. The Hall–Kier alpha value is -3.35. The summed E-state index contributed by atoms with van der Waals surface area (Å²) < 4.78 is 5.55. The van der Waals surface area contributed by atoms with E-state index in [1.54, 1.807) is 6.92 Å². The molecule has 0 bridgehead atoms. The lowest BCUT2D eigenvalue weighted by atomic mass is 9.95. The summed E-state index contributed by atoms with van der Waals surface area (Å²) in [5.41, 5.74) is 4.59. The minimum atomic E-state index is -0.972. The summed E-state index contributed by atoms with van der Waals surface area (Å²) >= 11 is 0. The van der Waals surface area contributed by atoms with Gasteiger partial charge in [0.25, 0.3) is 0 Å². The first kappa shape index (κ1) is 24.3.